The third-order valence-electron chi connectivity index (χ3n) is 5.25. The van der Waals surface area contributed by atoms with Gasteiger partial charge in [0.05, 0.1) is 7.11 Å². The fourth-order valence-corrected chi connectivity index (χ4v) is 3.78. The number of fused-ring (bicyclic) bond motifs is 1. The average molecular weight is 342 g/mol. The van der Waals surface area contributed by atoms with Gasteiger partial charge in [0.25, 0.3) is 0 Å². The van der Waals surface area contributed by atoms with Crippen LogP contribution in [0.3, 0.4) is 0 Å². The van der Waals surface area contributed by atoms with Crippen LogP contribution in [-0.4, -0.2) is 43.5 Å². The number of nitrogens with zero attached hydrogens (tertiary/aromatic N) is 2. The van der Waals surface area contributed by atoms with Crippen LogP contribution in [0.2, 0.25) is 0 Å². The highest BCUT2D eigenvalue weighted by molar-refractivity contribution is 5.96. The van der Waals surface area contributed by atoms with Crippen LogP contribution in [0.25, 0.3) is 0 Å². The summed E-state index contributed by atoms with van der Waals surface area (Å²) >= 11 is 0. The van der Waals surface area contributed by atoms with Crippen molar-refractivity contribution in [2.24, 2.45) is 5.92 Å². The molecule has 25 heavy (non-hydrogen) atoms. The number of piperidine rings is 1. The molecule has 1 fully saturated rings. The molecule has 0 aromatic heterocycles. The number of hydrogen-bond donors (Lipinski definition) is 0. The number of ether oxygens (including phenoxy) is 1. The fourth-order valence-electron chi connectivity index (χ4n) is 3.78. The van der Waals surface area contributed by atoms with Gasteiger partial charge in [-0.15, -0.1) is 0 Å². The van der Waals surface area contributed by atoms with Gasteiger partial charge in [-0.05, 0) is 61.9 Å². The molecule has 0 unspecified atom stereocenters. The van der Waals surface area contributed by atoms with Gasteiger partial charge in [0, 0.05) is 31.2 Å². The number of hydrogen-bond acceptors (Lipinski definition) is 3. The molecule has 134 valence electrons. The van der Waals surface area contributed by atoms with Crippen molar-refractivity contribution in [3.63, 3.8) is 0 Å². The second-order valence-corrected chi connectivity index (χ2v) is 6.75. The number of aryl methyl sites for hydroxylation is 1. The smallest absolute Gasteiger partial charge is 0.245 e. The van der Waals surface area contributed by atoms with E-state index < -0.39 is 0 Å². The maximum atomic E-state index is 13.1. The highest BCUT2D eigenvalue weighted by Gasteiger charge is 2.31. The van der Waals surface area contributed by atoms with Gasteiger partial charge in [0.1, 0.15) is 5.75 Å². The molecule has 0 N–H and O–H groups in total. The molecule has 2 aliphatic rings. The highest BCUT2D eigenvalue weighted by atomic mass is 16.5. The van der Waals surface area contributed by atoms with E-state index in [2.05, 4.69) is 6.58 Å². The van der Waals surface area contributed by atoms with Crippen LogP contribution in [0.15, 0.2) is 30.9 Å². The molecule has 2 heterocycles. The number of rotatable bonds is 3. The van der Waals surface area contributed by atoms with E-state index in [1.165, 1.54) is 11.6 Å². The van der Waals surface area contributed by atoms with E-state index >= 15 is 0 Å². The quantitative estimate of drug-likeness (QED) is 0.794. The summed E-state index contributed by atoms with van der Waals surface area (Å²) in [5, 5.41) is 0. The zero-order chi connectivity index (χ0) is 17.8. The third-order valence-corrected chi connectivity index (χ3v) is 5.25. The first-order chi connectivity index (χ1) is 12.1. The molecular weight excluding hydrogens is 316 g/mol. The monoisotopic (exact) mass is 342 g/mol. The van der Waals surface area contributed by atoms with Crippen LogP contribution in [0.5, 0.6) is 5.75 Å². The average Bonchev–Trinajstić information content (AvgIpc) is 2.88. The molecule has 2 amide bonds. The molecular formula is C20H26N2O3. The molecule has 0 bridgehead atoms. The number of benzene rings is 1. The lowest BCUT2D eigenvalue weighted by atomic mass is 9.94. The zero-order valence-corrected chi connectivity index (χ0v) is 14.9. The van der Waals surface area contributed by atoms with E-state index in [4.69, 9.17) is 4.74 Å². The number of anilines is 1. The van der Waals surface area contributed by atoms with Crippen LogP contribution in [-0.2, 0) is 16.0 Å². The second-order valence-electron chi connectivity index (χ2n) is 6.75. The van der Waals surface area contributed by atoms with Crippen LogP contribution in [0.4, 0.5) is 5.69 Å². The van der Waals surface area contributed by atoms with Crippen LogP contribution in [0.1, 0.15) is 31.2 Å². The lowest BCUT2D eigenvalue weighted by Crippen LogP contribution is -2.44. The van der Waals surface area contributed by atoms with Gasteiger partial charge in [-0.1, -0.05) is 6.58 Å². The molecule has 5 nitrogen and oxygen atoms in total. The minimum Gasteiger partial charge on any atom is -0.497 e. The Morgan fingerprint density at radius 2 is 1.96 bits per heavy atom. The van der Waals surface area contributed by atoms with E-state index in [1.54, 1.807) is 12.0 Å². The Bertz CT molecular complexity index is 663. The first kappa shape index (κ1) is 17.5. The summed E-state index contributed by atoms with van der Waals surface area (Å²) < 4.78 is 5.33. The van der Waals surface area contributed by atoms with Crippen molar-refractivity contribution < 1.29 is 14.3 Å². The molecule has 5 heteroatoms. The minimum atomic E-state index is -0.0434. The van der Waals surface area contributed by atoms with Gasteiger partial charge in [-0.2, -0.15) is 0 Å². The summed E-state index contributed by atoms with van der Waals surface area (Å²) in [5.74, 6) is 0.975. The van der Waals surface area contributed by atoms with Crippen molar-refractivity contribution in [2.45, 2.75) is 32.1 Å². The Balaban J connectivity index is 1.74. The zero-order valence-electron chi connectivity index (χ0n) is 14.9. The number of carbonyl (C=O) groups is 2. The molecule has 0 atom stereocenters. The maximum absolute atomic E-state index is 13.1. The van der Waals surface area contributed by atoms with E-state index in [9.17, 15) is 9.59 Å². The Hall–Kier alpha value is -2.30. The van der Waals surface area contributed by atoms with Crippen LogP contribution in [0, 0.1) is 5.92 Å². The molecule has 0 radical (unpaired) electrons. The van der Waals surface area contributed by atoms with Crippen LogP contribution >= 0.6 is 0 Å². The summed E-state index contributed by atoms with van der Waals surface area (Å²) in [6.07, 6.45) is 5.86. The normalized spacial score (nSPS) is 18.3. The minimum absolute atomic E-state index is 0.0121. The molecule has 0 spiro atoms. The Labute approximate surface area is 149 Å². The fraction of sp³-hybridized carbons (Fsp3) is 0.500. The SMILES string of the molecule is C=CC(=O)N1CCC(C(=O)N2CCCCc3cc(OC)ccc32)CC1. The van der Waals surface area contributed by atoms with Gasteiger partial charge in [0.15, 0.2) is 0 Å². The topological polar surface area (TPSA) is 49.9 Å². The molecule has 0 aliphatic carbocycles. The highest BCUT2D eigenvalue weighted by Crippen LogP contribution is 2.32. The Morgan fingerprint density at radius 1 is 1.20 bits per heavy atom. The Morgan fingerprint density at radius 3 is 2.64 bits per heavy atom. The molecule has 1 aromatic carbocycles. The summed E-state index contributed by atoms with van der Waals surface area (Å²) in [6, 6.07) is 5.98. The van der Waals surface area contributed by atoms with Gasteiger partial charge in [0.2, 0.25) is 11.8 Å². The predicted molar refractivity (Wildman–Crippen MR) is 97.8 cm³/mol. The summed E-state index contributed by atoms with van der Waals surface area (Å²) in [5.41, 5.74) is 2.21. The Kier molecular flexibility index (Phi) is 5.41. The molecule has 0 saturated carbocycles. The first-order valence-corrected chi connectivity index (χ1v) is 9.03. The second kappa shape index (κ2) is 7.72. The lowest BCUT2D eigenvalue weighted by molar-refractivity contribution is -0.131. The summed E-state index contributed by atoms with van der Waals surface area (Å²) in [7, 11) is 1.67. The van der Waals surface area contributed by atoms with E-state index in [0.717, 1.165) is 50.1 Å². The largest absolute Gasteiger partial charge is 0.497 e. The lowest BCUT2D eigenvalue weighted by Gasteiger charge is -2.34. The van der Waals surface area contributed by atoms with E-state index in [0.29, 0.717) is 13.1 Å². The van der Waals surface area contributed by atoms with Crippen molar-refractivity contribution in [2.75, 3.05) is 31.6 Å². The van der Waals surface area contributed by atoms with Crippen molar-refractivity contribution in [3.8, 4) is 5.75 Å². The standard InChI is InChI=1S/C20H26N2O3/c1-3-19(23)21-12-9-15(10-13-21)20(24)22-11-5-4-6-16-14-17(25-2)7-8-18(16)22/h3,7-8,14-15H,1,4-6,9-13H2,2H3. The molecule has 1 aromatic rings. The van der Waals surface area contributed by atoms with E-state index in [-0.39, 0.29) is 17.7 Å². The van der Waals surface area contributed by atoms with Crippen molar-refractivity contribution >= 4 is 17.5 Å². The molecule has 2 aliphatic heterocycles. The molecule has 1 saturated heterocycles. The van der Waals surface area contributed by atoms with Gasteiger partial charge < -0.3 is 14.5 Å². The molecule has 3 rings (SSSR count). The third kappa shape index (κ3) is 3.70. The first-order valence-electron chi connectivity index (χ1n) is 9.03. The van der Waals surface area contributed by atoms with Crippen molar-refractivity contribution in [1.82, 2.24) is 4.90 Å². The number of likely N-dealkylation sites (tertiary alicyclic amines) is 1. The van der Waals surface area contributed by atoms with Gasteiger partial charge in [-0.25, -0.2) is 0 Å². The van der Waals surface area contributed by atoms with Gasteiger partial charge in [-0.3, -0.25) is 9.59 Å². The number of amides is 2. The predicted octanol–water partition coefficient (Wildman–Crippen LogP) is 2.79. The van der Waals surface area contributed by atoms with Gasteiger partial charge >= 0.3 is 0 Å². The number of methoxy groups -OCH3 is 1. The van der Waals surface area contributed by atoms with Crippen molar-refractivity contribution in [3.05, 3.63) is 36.4 Å². The van der Waals surface area contributed by atoms with Crippen molar-refractivity contribution in [1.29, 1.82) is 0 Å². The summed E-state index contributed by atoms with van der Waals surface area (Å²) in [6.45, 7) is 5.56. The van der Waals surface area contributed by atoms with E-state index in [1.807, 2.05) is 23.1 Å². The maximum Gasteiger partial charge on any atom is 0.245 e. The summed E-state index contributed by atoms with van der Waals surface area (Å²) in [4.78, 5) is 28.6. The van der Waals surface area contributed by atoms with Crippen LogP contribution < -0.4 is 9.64 Å². The number of carbonyl (C=O) groups excluding carboxylic acids is 2.